The first-order chi connectivity index (χ1) is 11.9. The first kappa shape index (κ1) is 16.7. The minimum absolute atomic E-state index is 0.122. The average molecular weight is 333 g/mol. The minimum atomic E-state index is -0.489. The fourth-order valence-electron chi connectivity index (χ4n) is 2.57. The standard InChI is InChI=1S/C19H19N5O/c1-5-18(25)23-13-6-7-15-16(8-13)24(12-21-15)17-11-20-10-14(22-17)9-19(2,3)4/h1,6-8,10-12H,9H2,2-4H3,(H,23,25). The summed E-state index contributed by atoms with van der Waals surface area (Å²) in [5.41, 5.74) is 3.26. The third kappa shape index (κ3) is 3.83. The summed E-state index contributed by atoms with van der Waals surface area (Å²) < 4.78 is 1.85. The number of terminal acetylenes is 1. The third-order valence-electron chi connectivity index (χ3n) is 3.57. The molecule has 126 valence electrons. The summed E-state index contributed by atoms with van der Waals surface area (Å²) in [4.78, 5) is 24.8. The number of hydrogen-bond donors (Lipinski definition) is 1. The fourth-order valence-corrected chi connectivity index (χ4v) is 2.57. The molecule has 0 bridgehead atoms. The van der Waals surface area contributed by atoms with Crippen LogP contribution in [0.15, 0.2) is 36.9 Å². The highest BCUT2D eigenvalue weighted by atomic mass is 16.1. The van der Waals surface area contributed by atoms with E-state index in [2.05, 4.69) is 36.1 Å². The first-order valence-corrected chi connectivity index (χ1v) is 7.92. The van der Waals surface area contributed by atoms with Crippen molar-refractivity contribution in [3.8, 4) is 18.2 Å². The molecule has 0 atom stereocenters. The Labute approximate surface area is 146 Å². The first-order valence-electron chi connectivity index (χ1n) is 7.92. The summed E-state index contributed by atoms with van der Waals surface area (Å²) in [5.74, 6) is 2.23. The number of amides is 1. The van der Waals surface area contributed by atoms with Gasteiger partial charge in [-0.2, -0.15) is 0 Å². The summed E-state index contributed by atoms with van der Waals surface area (Å²) in [6.07, 6.45) is 11.1. The van der Waals surface area contributed by atoms with Gasteiger partial charge in [0.15, 0.2) is 5.82 Å². The van der Waals surface area contributed by atoms with Crippen molar-refractivity contribution >= 4 is 22.6 Å². The lowest BCUT2D eigenvalue weighted by Gasteiger charge is -2.17. The van der Waals surface area contributed by atoms with Crippen LogP contribution < -0.4 is 5.32 Å². The van der Waals surface area contributed by atoms with Gasteiger partial charge in [0.2, 0.25) is 0 Å². The Bertz CT molecular complexity index is 975. The van der Waals surface area contributed by atoms with Gasteiger partial charge in [-0.15, -0.1) is 6.42 Å². The molecule has 0 saturated heterocycles. The van der Waals surface area contributed by atoms with Gasteiger partial charge in [-0.25, -0.2) is 9.97 Å². The van der Waals surface area contributed by atoms with Crippen molar-refractivity contribution < 1.29 is 4.79 Å². The molecule has 2 heterocycles. The largest absolute Gasteiger partial charge is 0.315 e. The zero-order valence-electron chi connectivity index (χ0n) is 14.4. The maximum atomic E-state index is 11.4. The van der Waals surface area contributed by atoms with Gasteiger partial charge < -0.3 is 5.32 Å². The smallest absolute Gasteiger partial charge is 0.300 e. The molecule has 6 nitrogen and oxygen atoms in total. The van der Waals surface area contributed by atoms with Crippen LogP contribution in [0.5, 0.6) is 0 Å². The molecule has 1 amide bonds. The molecular weight excluding hydrogens is 314 g/mol. The topological polar surface area (TPSA) is 72.7 Å². The summed E-state index contributed by atoms with van der Waals surface area (Å²) >= 11 is 0. The van der Waals surface area contributed by atoms with Crippen molar-refractivity contribution in [2.45, 2.75) is 27.2 Å². The Hall–Kier alpha value is -3.20. The van der Waals surface area contributed by atoms with Gasteiger partial charge in [0.05, 0.1) is 22.9 Å². The maximum absolute atomic E-state index is 11.4. The van der Waals surface area contributed by atoms with E-state index in [4.69, 9.17) is 11.4 Å². The number of benzene rings is 1. The van der Waals surface area contributed by atoms with Gasteiger partial charge in [-0.1, -0.05) is 20.8 Å². The fraction of sp³-hybridized carbons (Fsp3) is 0.263. The quantitative estimate of drug-likeness (QED) is 0.748. The average Bonchev–Trinajstić information content (AvgIpc) is 2.96. The van der Waals surface area contributed by atoms with E-state index in [0.29, 0.717) is 11.5 Å². The SMILES string of the molecule is C#CC(=O)Nc1ccc2ncn(-c3cncc(CC(C)(C)C)n3)c2c1. The Morgan fingerprint density at radius 1 is 1.32 bits per heavy atom. The molecule has 0 unspecified atom stereocenters. The van der Waals surface area contributed by atoms with Gasteiger partial charge in [-0.05, 0) is 36.0 Å². The number of anilines is 1. The summed E-state index contributed by atoms with van der Waals surface area (Å²) in [6, 6.07) is 5.40. The number of fused-ring (bicyclic) bond motifs is 1. The van der Waals surface area contributed by atoms with Gasteiger partial charge in [0.25, 0.3) is 5.91 Å². The Morgan fingerprint density at radius 3 is 2.84 bits per heavy atom. The van der Waals surface area contributed by atoms with Gasteiger partial charge in [0.1, 0.15) is 6.33 Å². The molecule has 1 aromatic carbocycles. The molecule has 6 heteroatoms. The summed E-state index contributed by atoms with van der Waals surface area (Å²) in [7, 11) is 0. The zero-order valence-corrected chi connectivity index (χ0v) is 14.4. The van der Waals surface area contributed by atoms with Crippen molar-refractivity contribution in [1.29, 1.82) is 0 Å². The lowest BCUT2D eigenvalue weighted by atomic mass is 9.91. The highest BCUT2D eigenvalue weighted by molar-refractivity contribution is 6.04. The van der Waals surface area contributed by atoms with E-state index in [9.17, 15) is 4.79 Å². The van der Waals surface area contributed by atoms with E-state index in [0.717, 1.165) is 23.1 Å². The maximum Gasteiger partial charge on any atom is 0.300 e. The Balaban J connectivity index is 2.01. The van der Waals surface area contributed by atoms with E-state index in [1.165, 1.54) is 0 Å². The monoisotopic (exact) mass is 333 g/mol. The van der Waals surface area contributed by atoms with Crippen molar-refractivity contribution in [3.63, 3.8) is 0 Å². The van der Waals surface area contributed by atoms with Crippen molar-refractivity contribution in [2.75, 3.05) is 5.32 Å². The molecule has 3 aromatic rings. The predicted octanol–water partition coefficient (Wildman–Crippen LogP) is 2.98. The number of nitrogens with zero attached hydrogens (tertiary/aromatic N) is 4. The molecule has 0 aliphatic heterocycles. The molecule has 0 radical (unpaired) electrons. The van der Waals surface area contributed by atoms with Gasteiger partial charge in [0, 0.05) is 11.9 Å². The van der Waals surface area contributed by atoms with Crippen LogP contribution in [-0.2, 0) is 11.2 Å². The van der Waals surface area contributed by atoms with Crippen LogP contribution in [0, 0.1) is 17.8 Å². The van der Waals surface area contributed by atoms with E-state index < -0.39 is 5.91 Å². The van der Waals surface area contributed by atoms with Gasteiger partial charge >= 0.3 is 0 Å². The normalized spacial score (nSPS) is 11.3. The minimum Gasteiger partial charge on any atom is -0.315 e. The van der Waals surface area contributed by atoms with Crippen LogP contribution in [0.25, 0.3) is 16.9 Å². The van der Waals surface area contributed by atoms with Crippen LogP contribution in [-0.4, -0.2) is 25.4 Å². The number of carbonyl (C=O) groups is 1. The number of hydrogen-bond acceptors (Lipinski definition) is 4. The number of carbonyl (C=O) groups excluding carboxylic acids is 1. The molecule has 0 fully saturated rings. The van der Waals surface area contributed by atoms with E-state index >= 15 is 0 Å². The summed E-state index contributed by atoms with van der Waals surface area (Å²) in [6.45, 7) is 6.48. The molecule has 0 aliphatic carbocycles. The highest BCUT2D eigenvalue weighted by Gasteiger charge is 2.14. The molecule has 1 N–H and O–H groups in total. The number of aromatic nitrogens is 4. The summed E-state index contributed by atoms with van der Waals surface area (Å²) in [5, 5.41) is 2.64. The van der Waals surface area contributed by atoms with E-state index in [-0.39, 0.29) is 5.41 Å². The Morgan fingerprint density at radius 2 is 2.12 bits per heavy atom. The zero-order chi connectivity index (χ0) is 18.0. The van der Waals surface area contributed by atoms with Crippen molar-refractivity contribution in [2.24, 2.45) is 5.41 Å². The second-order valence-electron chi connectivity index (χ2n) is 7.02. The van der Waals surface area contributed by atoms with Crippen LogP contribution in [0.1, 0.15) is 26.5 Å². The molecule has 0 saturated carbocycles. The number of imidazole rings is 1. The molecule has 0 spiro atoms. The second-order valence-corrected chi connectivity index (χ2v) is 7.02. The highest BCUT2D eigenvalue weighted by Crippen LogP contribution is 2.23. The van der Waals surface area contributed by atoms with E-state index in [1.807, 2.05) is 22.6 Å². The Kier molecular flexibility index (Phi) is 4.24. The van der Waals surface area contributed by atoms with Crippen LogP contribution in [0.4, 0.5) is 5.69 Å². The molecule has 25 heavy (non-hydrogen) atoms. The number of nitrogens with one attached hydrogen (secondary N) is 1. The second kappa shape index (κ2) is 6.36. The lowest BCUT2D eigenvalue weighted by Crippen LogP contribution is -2.12. The molecular formula is C19H19N5O. The molecule has 2 aromatic heterocycles. The van der Waals surface area contributed by atoms with Crippen molar-refractivity contribution in [3.05, 3.63) is 42.6 Å². The van der Waals surface area contributed by atoms with E-state index in [1.54, 1.807) is 24.8 Å². The van der Waals surface area contributed by atoms with Crippen LogP contribution in [0.3, 0.4) is 0 Å². The third-order valence-corrected chi connectivity index (χ3v) is 3.57. The van der Waals surface area contributed by atoms with Crippen LogP contribution >= 0.6 is 0 Å². The lowest BCUT2D eigenvalue weighted by molar-refractivity contribution is -0.111. The van der Waals surface area contributed by atoms with Crippen LogP contribution in [0.2, 0.25) is 0 Å². The molecule has 0 aliphatic rings. The predicted molar refractivity (Wildman–Crippen MR) is 97.3 cm³/mol. The molecule has 3 rings (SSSR count). The van der Waals surface area contributed by atoms with Gasteiger partial charge in [-0.3, -0.25) is 14.3 Å². The van der Waals surface area contributed by atoms with Crippen molar-refractivity contribution in [1.82, 2.24) is 19.5 Å². The number of rotatable bonds is 3.